The first-order valence-corrected chi connectivity index (χ1v) is 6.19. The van der Waals surface area contributed by atoms with Crippen molar-refractivity contribution in [2.75, 3.05) is 20.2 Å². The van der Waals surface area contributed by atoms with Gasteiger partial charge in [-0.2, -0.15) is 0 Å². The van der Waals surface area contributed by atoms with Gasteiger partial charge in [-0.3, -0.25) is 4.79 Å². The fourth-order valence-corrected chi connectivity index (χ4v) is 2.29. The smallest absolute Gasteiger partial charge is 0.256 e. The Kier molecular flexibility index (Phi) is 4.15. The minimum atomic E-state index is -0.450. The minimum absolute atomic E-state index is 0.0957. The van der Waals surface area contributed by atoms with Crippen LogP contribution >= 0.6 is 0 Å². The number of carbonyl (C=O) groups excluding carboxylic acids is 1. The number of rotatable bonds is 3. The summed E-state index contributed by atoms with van der Waals surface area (Å²) in [6, 6.07) is 9.70. The third kappa shape index (κ3) is 2.86. The molecule has 17 heavy (non-hydrogen) atoms. The van der Waals surface area contributed by atoms with Crippen LogP contribution in [0.2, 0.25) is 0 Å². The van der Waals surface area contributed by atoms with E-state index in [4.69, 9.17) is 4.74 Å². The molecule has 1 aromatic carbocycles. The van der Waals surface area contributed by atoms with Crippen molar-refractivity contribution in [2.45, 2.75) is 25.4 Å². The lowest BCUT2D eigenvalue weighted by Crippen LogP contribution is -2.39. The molecule has 1 fully saturated rings. The second-order valence-corrected chi connectivity index (χ2v) is 4.41. The first-order valence-electron chi connectivity index (χ1n) is 6.19. The lowest BCUT2D eigenvalue weighted by molar-refractivity contribution is -0.143. The van der Waals surface area contributed by atoms with Crippen LogP contribution in [0.4, 0.5) is 0 Å². The Hall–Kier alpha value is -1.35. The molecule has 0 unspecified atom stereocenters. The molecule has 1 aromatic rings. The van der Waals surface area contributed by atoms with E-state index in [2.05, 4.69) is 0 Å². The highest BCUT2D eigenvalue weighted by Gasteiger charge is 2.26. The monoisotopic (exact) mass is 233 g/mol. The molecule has 0 aliphatic carbocycles. The van der Waals surface area contributed by atoms with Gasteiger partial charge in [0.15, 0.2) is 6.10 Å². The zero-order valence-electron chi connectivity index (χ0n) is 10.3. The molecule has 1 saturated heterocycles. The summed E-state index contributed by atoms with van der Waals surface area (Å²) in [7, 11) is 1.60. The number of benzene rings is 1. The second kappa shape index (κ2) is 5.82. The highest BCUT2D eigenvalue weighted by atomic mass is 16.5. The summed E-state index contributed by atoms with van der Waals surface area (Å²) in [6.45, 7) is 1.73. The van der Waals surface area contributed by atoms with Gasteiger partial charge in [-0.05, 0) is 24.8 Å². The number of piperidine rings is 1. The fraction of sp³-hybridized carbons (Fsp3) is 0.500. The highest BCUT2D eigenvalue weighted by Crippen LogP contribution is 2.21. The molecule has 0 aromatic heterocycles. The summed E-state index contributed by atoms with van der Waals surface area (Å²) in [5.74, 6) is 0.0957. The van der Waals surface area contributed by atoms with Crippen LogP contribution in [0.1, 0.15) is 30.9 Å². The quantitative estimate of drug-likeness (QED) is 0.802. The summed E-state index contributed by atoms with van der Waals surface area (Å²) < 4.78 is 5.36. The summed E-state index contributed by atoms with van der Waals surface area (Å²) in [5.41, 5.74) is 0.936. The average Bonchev–Trinajstić information content (AvgIpc) is 2.42. The molecule has 1 amide bonds. The van der Waals surface area contributed by atoms with E-state index in [-0.39, 0.29) is 5.91 Å². The number of hydrogen-bond donors (Lipinski definition) is 0. The van der Waals surface area contributed by atoms with E-state index in [1.165, 1.54) is 6.42 Å². The first kappa shape index (κ1) is 12.1. The van der Waals surface area contributed by atoms with Crippen LogP contribution in [0.15, 0.2) is 30.3 Å². The van der Waals surface area contributed by atoms with Crippen LogP contribution in [-0.2, 0) is 9.53 Å². The van der Waals surface area contributed by atoms with Crippen molar-refractivity contribution >= 4 is 5.91 Å². The van der Waals surface area contributed by atoms with Crippen LogP contribution in [0, 0.1) is 0 Å². The van der Waals surface area contributed by atoms with Gasteiger partial charge in [0.25, 0.3) is 5.91 Å². The van der Waals surface area contributed by atoms with Gasteiger partial charge >= 0.3 is 0 Å². The summed E-state index contributed by atoms with van der Waals surface area (Å²) in [4.78, 5) is 14.3. The van der Waals surface area contributed by atoms with Crippen molar-refractivity contribution in [3.63, 3.8) is 0 Å². The number of carbonyl (C=O) groups is 1. The van der Waals surface area contributed by atoms with Gasteiger partial charge in [0.1, 0.15) is 0 Å². The molecule has 3 heteroatoms. The predicted octanol–water partition coefficient (Wildman–Crippen LogP) is 2.39. The maximum atomic E-state index is 12.3. The van der Waals surface area contributed by atoms with Gasteiger partial charge < -0.3 is 9.64 Å². The molecule has 0 N–H and O–H groups in total. The van der Waals surface area contributed by atoms with Gasteiger partial charge in [0.05, 0.1) is 0 Å². The van der Waals surface area contributed by atoms with Crippen molar-refractivity contribution in [1.29, 1.82) is 0 Å². The Morgan fingerprint density at radius 3 is 2.41 bits per heavy atom. The number of hydrogen-bond acceptors (Lipinski definition) is 2. The van der Waals surface area contributed by atoms with Crippen molar-refractivity contribution in [1.82, 2.24) is 4.90 Å². The van der Waals surface area contributed by atoms with E-state index in [9.17, 15) is 4.79 Å². The van der Waals surface area contributed by atoms with Crippen LogP contribution in [-0.4, -0.2) is 31.0 Å². The van der Waals surface area contributed by atoms with Crippen molar-refractivity contribution in [2.24, 2.45) is 0 Å². The summed E-state index contributed by atoms with van der Waals surface area (Å²) >= 11 is 0. The molecule has 0 spiro atoms. The lowest BCUT2D eigenvalue weighted by atomic mass is 10.1. The van der Waals surface area contributed by atoms with Gasteiger partial charge in [-0.1, -0.05) is 30.3 Å². The lowest BCUT2D eigenvalue weighted by Gasteiger charge is -2.30. The Morgan fingerprint density at radius 1 is 1.18 bits per heavy atom. The molecule has 1 aliphatic rings. The Balaban J connectivity index is 2.10. The van der Waals surface area contributed by atoms with E-state index in [0.717, 1.165) is 31.5 Å². The third-order valence-corrected chi connectivity index (χ3v) is 3.23. The Morgan fingerprint density at radius 2 is 1.82 bits per heavy atom. The average molecular weight is 233 g/mol. The van der Waals surface area contributed by atoms with Gasteiger partial charge in [0, 0.05) is 20.2 Å². The van der Waals surface area contributed by atoms with E-state index in [1.54, 1.807) is 7.11 Å². The molecule has 3 nitrogen and oxygen atoms in total. The molecule has 0 bridgehead atoms. The summed E-state index contributed by atoms with van der Waals surface area (Å²) in [5, 5.41) is 0. The van der Waals surface area contributed by atoms with Crippen molar-refractivity contribution in [3.8, 4) is 0 Å². The van der Waals surface area contributed by atoms with E-state index >= 15 is 0 Å². The van der Waals surface area contributed by atoms with Gasteiger partial charge in [-0.25, -0.2) is 0 Å². The number of nitrogens with zero attached hydrogens (tertiary/aromatic N) is 1. The van der Waals surface area contributed by atoms with Crippen LogP contribution in [0.25, 0.3) is 0 Å². The maximum absolute atomic E-state index is 12.3. The Labute approximate surface area is 102 Å². The van der Waals surface area contributed by atoms with E-state index in [0.29, 0.717) is 0 Å². The highest BCUT2D eigenvalue weighted by molar-refractivity contribution is 5.82. The van der Waals surface area contributed by atoms with E-state index < -0.39 is 6.10 Å². The number of methoxy groups -OCH3 is 1. The molecule has 1 atom stereocenters. The van der Waals surface area contributed by atoms with Crippen molar-refractivity contribution in [3.05, 3.63) is 35.9 Å². The summed E-state index contributed by atoms with van der Waals surface area (Å²) in [6.07, 6.45) is 3.00. The van der Waals surface area contributed by atoms with Gasteiger partial charge in [0.2, 0.25) is 0 Å². The second-order valence-electron chi connectivity index (χ2n) is 4.41. The number of ether oxygens (including phenoxy) is 1. The van der Waals surface area contributed by atoms with Crippen LogP contribution < -0.4 is 0 Å². The largest absolute Gasteiger partial charge is 0.367 e. The zero-order valence-corrected chi connectivity index (χ0v) is 10.3. The van der Waals surface area contributed by atoms with Crippen LogP contribution in [0.5, 0.6) is 0 Å². The number of amides is 1. The molecule has 2 rings (SSSR count). The number of likely N-dealkylation sites (tertiary alicyclic amines) is 1. The maximum Gasteiger partial charge on any atom is 0.256 e. The SMILES string of the molecule is CO[C@H](C(=O)N1CCCCC1)c1ccccc1. The molecular weight excluding hydrogens is 214 g/mol. The molecule has 0 saturated carbocycles. The topological polar surface area (TPSA) is 29.5 Å². The molecular formula is C14H19NO2. The zero-order chi connectivity index (χ0) is 12.1. The standard InChI is InChI=1S/C14H19NO2/c1-17-13(12-8-4-2-5-9-12)14(16)15-10-6-3-7-11-15/h2,4-5,8-9,13H,3,6-7,10-11H2,1H3/t13-/m0/s1. The third-order valence-electron chi connectivity index (χ3n) is 3.23. The molecule has 0 radical (unpaired) electrons. The fourth-order valence-electron chi connectivity index (χ4n) is 2.29. The minimum Gasteiger partial charge on any atom is -0.367 e. The normalized spacial score (nSPS) is 17.8. The molecule has 1 aliphatic heterocycles. The molecule has 92 valence electrons. The van der Waals surface area contributed by atoms with Crippen LogP contribution in [0.3, 0.4) is 0 Å². The van der Waals surface area contributed by atoms with Gasteiger partial charge in [-0.15, -0.1) is 0 Å². The Bertz CT molecular complexity index is 358. The predicted molar refractivity (Wildman–Crippen MR) is 66.6 cm³/mol. The molecule has 1 heterocycles. The van der Waals surface area contributed by atoms with Crippen molar-refractivity contribution < 1.29 is 9.53 Å². The van der Waals surface area contributed by atoms with E-state index in [1.807, 2.05) is 35.2 Å². The first-order chi connectivity index (χ1) is 8.33.